The van der Waals surface area contributed by atoms with Crippen molar-refractivity contribution in [2.75, 3.05) is 0 Å². The highest BCUT2D eigenvalue weighted by atomic mass is 32.1. The number of hydrogen-bond donors (Lipinski definition) is 1. The normalized spacial score (nSPS) is 12.6. The van der Waals surface area contributed by atoms with E-state index < -0.39 is 5.60 Å². The number of rotatable bonds is 1. The maximum atomic E-state index is 9.75. The van der Waals surface area contributed by atoms with Gasteiger partial charge in [-0.1, -0.05) is 11.3 Å². The molecule has 0 bridgehead atoms. The fourth-order valence-electron chi connectivity index (χ4n) is 1.20. The summed E-state index contributed by atoms with van der Waals surface area (Å²) in [6, 6.07) is 0. The summed E-state index contributed by atoms with van der Waals surface area (Å²) in [7, 11) is 0. The third-order valence-electron chi connectivity index (χ3n) is 1.88. The summed E-state index contributed by atoms with van der Waals surface area (Å²) in [5.41, 5.74) is 0.243. The first-order valence-corrected chi connectivity index (χ1v) is 4.96. The minimum absolute atomic E-state index is 0.765. The highest BCUT2D eigenvalue weighted by Crippen LogP contribution is 2.27. The minimum Gasteiger partial charge on any atom is -0.385 e. The van der Waals surface area contributed by atoms with Gasteiger partial charge in [0.25, 0.3) is 0 Å². The molecule has 0 amide bonds. The molecule has 0 fully saturated rings. The molecule has 0 spiro atoms. The molecule has 0 atom stereocenters. The Labute approximate surface area is 80.7 Å². The van der Waals surface area contributed by atoms with Crippen molar-refractivity contribution in [2.24, 2.45) is 0 Å². The zero-order valence-electron chi connectivity index (χ0n) is 7.90. The summed E-state index contributed by atoms with van der Waals surface area (Å²) in [6.07, 6.45) is 3.89. The van der Waals surface area contributed by atoms with E-state index in [1.165, 1.54) is 11.3 Å². The van der Waals surface area contributed by atoms with Crippen LogP contribution in [0.25, 0.3) is 4.96 Å². The first-order chi connectivity index (χ1) is 5.97. The van der Waals surface area contributed by atoms with E-state index >= 15 is 0 Å². The number of hydrogen-bond acceptors (Lipinski definition) is 3. The first-order valence-electron chi connectivity index (χ1n) is 4.15. The Morgan fingerprint density at radius 2 is 2.15 bits per heavy atom. The highest BCUT2D eigenvalue weighted by Gasteiger charge is 2.19. The second-order valence-electron chi connectivity index (χ2n) is 3.73. The number of aryl methyl sites for hydroxylation is 1. The van der Waals surface area contributed by atoms with E-state index in [0.717, 1.165) is 15.5 Å². The van der Waals surface area contributed by atoms with Crippen LogP contribution in [0, 0.1) is 6.92 Å². The highest BCUT2D eigenvalue weighted by molar-refractivity contribution is 7.17. The topological polar surface area (TPSA) is 37.5 Å². The van der Waals surface area contributed by atoms with Gasteiger partial charge in [0.2, 0.25) is 0 Å². The SMILES string of the molecule is Cc1cn2cc(C(C)(C)O)sc2n1. The Bertz CT molecular complexity index is 404. The average molecular weight is 196 g/mol. The van der Waals surface area contributed by atoms with E-state index in [1.54, 1.807) is 13.8 Å². The van der Waals surface area contributed by atoms with Crippen molar-refractivity contribution in [1.82, 2.24) is 9.38 Å². The van der Waals surface area contributed by atoms with Crippen LogP contribution in [0.2, 0.25) is 0 Å². The average Bonchev–Trinajstić information content (AvgIpc) is 2.40. The van der Waals surface area contributed by atoms with E-state index in [1.807, 2.05) is 23.7 Å². The van der Waals surface area contributed by atoms with Crippen molar-refractivity contribution in [2.45, 2.75) is 26.4 Å². The molecule has 0 aliphatic heterocycles. The summed E-state index contributed by atoms with van der Waals surface area (Å²) < 4.78 is 1.95. The molecule has 0 saturated carbocycles. The van der Waals surface area contributed by atoms with Gasteiger partial charge in [0.1, 0.15) is 0 Å². The van der Waals surface area contributed by atoms with Crippen LogP contribution >= 0.6 is 11.3 Å². The van der Waals surface area contributed by atoms with Crippen LogP contribution in [0.3, 0.4) is 0 Å². The van der Waals surface area contributed by atoms with Crippen LogP contribution in [-0.2, 0) is 5.60 Å². The number of aliphatic hydroxyl groups is 1. The molecule has 0 saturated heterocycles. The quantitative estimate of drug-likeness (QED) is 0.756. The first kappa shape index (κ1) is 8.72. The third-order valence-corrected chi connectivity index (χ3v) is 3.19. The molecule has 1 N–H and O–H groups in total. The molecule has 4 heteroatoms. The molecule has 0 aliphatic carbocycles. The number of fused-ring (bicyclic) bond motifs is 1. The van der Waals surface area contributed by atoms with Crippen molar-refractivity contribution >= 4 is 16.3 Å². The number of thiazole rings is 1. The van der Waals surface area contributed by atoms with E-state index in [-0.39, 0.29) is 0 Å². The maximum absolute atomic E-state index is 9.75. The van der Waals surface area contributed by atoms with Crippen molar-refractivity contribution in [3.8, 4) is 0 Å². The molecule has 70 valence electrons. The van der Waals surface area contributed by atoms with Crippen molar-refractivity contribution in [3.63, 3.8) is 0 Å². The molecular formula is C9H12N2OS. The van der Waals surface area contributed by atoms with E-state index in [2.05, 4.69) is 4.98 Å². The molecule has 2 aromatic rings. The predicted octanol–water partition coefficient (Wildman–Crippen LogP) is 1.93. The lowest BCUT2D eigenvalue weighted by Gasteiger charge is -2.13. The molecular weight excluding hydrogens is 184 g/mol. The van der Waals surface area contributed by atoms with Crippen molar-refractivity contribution in [1.29, 1.82) is 0 Å². The van der Waals surface area contributed by atoms with Gasteiger partial charge in [-0.15, -0.1) is 0 Å². The van der Waals surface area contributed by atoms with Gasteiger partial charge < -0.3 is 5.11 Å². The summed E-state index contributed by atoms with van der Waals surface area (Å²) >= 11 is 1.53. The molecule has 0 unspecified atom stereocenters. The smallest absolute Gasteiger partial charge is 0.194 e. The molecule has 0 radical (unpaired) electrons. The Morgan fingerprint density at radius 1 is 1.46 bits per heavy atom. The zero-order valence-corrected chi connectivity index (χ0v) is 8.72. The predicted molar refractivity (Wildman–Crippen MR) is 53.1 cm³/mol. The van der Waals surface area contributed by atoms with Crippen LogP contribution in [0.15, 0.2) is 12.4 Å². The fourth-order valence-corrected chi connectivity index (χ4v) is 2.21. The monoisotopic (exact) mass is 196 g/mol. The Morgan fingerprint density at radius 3 is 2.69 bits per heavy atom. The lowest BCUT2D eigenvalue weighted by Crippen LogP contribution is -2.13. The van der Waals surface area contributed by atoms with E-state index in [4.69, 9.17) is 0 Å². The van der Waals surface area contributed by atoms with Crippen molar-refractivity contribution < 1.29 is 5.11 Å². The number of nitrogens with zero attached hydrogens (tertiary/aromatic N) is 2. The van der Waals surface area contributed by atoms with Crippen LogP contribution in [0.5, 0.6) is 0 Å². The summed E-state index contributed by atoms with van der Waals surface area (Å²) in [5.74, 6) is 0. The molecule has 0 aromatic carbocycles. The summed E-state index contributed by atoms with van der Waals surface area (Å²) in [6.45, 7) is 5.53. The Kier molecular flexibility index (Phi) is 1.72. The minimum atomic E-state index is -0.765. The van der Waals surface area contributed by atoms with Gasteiger partial charge in [0.05, 0.1) is 16.2 Å². The summed E-state index contributed by atoms with van der Waals surface area (Å²) in [4.78, 5) is 6.20. The summed E-state index contributed by atoms with van der Waals surface area (Å²) in [5, 5.41) is 9.75. The molecule has 2 rings (SSSR count). The van der Waals surface area contributed by atoms with Crippen LogP contribution < -0.4 is 0 Å². The van der Waals surface area contributed by atoms with Gasteiger partial charge >= 0.3 is 0 Å². The zero-order chi connectivity index (χ0) is 9.64. The second-order valence-corrected chi connectivity index (χ2v) is 4.74. The largest absolute Gasteiger partial charge is 0.385 e. The number of imidazole rings is 1. The molecule has 2 heterocycles. The van der Waals surface area contributed by atoms with Crippen molar-refractivity contribution in [3.05, 3.63) is 23.0 Å². The van der Waals surface area contributed by atoms with Crippen LogP contribution in [0.4, 0.5) is 0 Å². The van der Waals surface area contributed by atoms with Gasteiger partial charge in [0, 0.05) is 12.4 Å². The van der Waals surface area contributed by atoms with Gasteiger partial charge in [-0.2, -0.15) is 0 Å². The van der Waals surface area contributed by atoms with Crippen LogP contribution in [-0.4, -0.2) is 14.5 Å². The van der Waals surface area contributed by atoms with Gasteiger partial charge in [0.15, 0.2) is 4.96 Å². The Balaban J connectivity index is 2.57. The van der Waals surface area contributed by atoms with Crippen LogP contribution in [0.1, 0.15) is 24.4 Å². The fraction of sp³-hybridized carbons (Fsp3) is 0.444. The molecule has 3 nitrogen and oxygen atoms in total. The maximum Gasteiger partial charge on any atom is 0.194 e. The van der Waals surface area contributed by atoms with Gasteiger partial charge in [-0.25, -0.2) is 4.98 Å². The van der Waals surface area contributed by atoms with Gasteiger partial charge in [-0.05, 0) is 20.8 Å². The standard InChI is InChI=1S/C9H12N2OS/c1-6-4-11-5-7(9(2,3)12)13-8(11)10-6/h4-5,12H,1-3H3. The van der Waals surface area contributed by atoms with E-state index in [9.17, 15) is 5.11 Å². The lowest BCUT2D eigenvalue weighted by atomic mass is 10.1. The molecule has 13 heavy (non-hydrogen) atoms. The Hall–Kier alpha value is -0.870. The van der Waals surface area contributed by atoms with E-state index in [0.29, 0.717) is 0 Å². The van der Waals surface area contributed by atoms with Gasteiger partial charge in [-0.3, -0.25) is 4.40 Å². The molecule has 0 aliphatic rings. The second kappa shape index (κ2) is 2.56. The lowest BCUT2D eigenvalue weighted by molar-refractivity contribution is 0.0822. The third kappa shape index (κ3) is 1.47. The number of aromatic nitrogens is 2. The molecule has 2 aromatic heterocycles.